The molecule has 0 radical (unpaired) electrons. The van der Waals surface area contributed by atoms with Gasteiger partial charge < -0.3 is 9.47 Å². The van der Waals surface area contributed by atoms with Crippen LogP contribution in [0.1, 0.15) is 87.5 Å². The second-order valence-corrected chi connectivity index (χ2v) is 6.52. The summed E-state index contributed by atoms with van der Waals surface area (Å²) in [6.45, 7) is 0. The van der Waals surface area contributed by atoms with Crippen molar-refractivity contribution in [3.63, 3.8) is 0 Å². The molecule has 0 aliphatic heterocycles. The average Bonchev–Trinajstić information content (AvgIpc) is 2.56. The van der Waals surface area contributed by atoms with Crippen LogP contribution in [0.15, 0.2) is 24.3 Å². The highest BCUT2D eigenvalue weighted by molar-refractivity contribution is 5.26. The third-order valence-electron chi connectivity index (χ3n) is 4.93. The Labute approximate surface area is 136 Å². The maximum Gasteiger partial charge on any atom is 0.0821 e. The van der Waals surface area contributed by atoms with E-state index in [1.54, 1.807) is 0 Å². The molecule has 0 spiro atoms. The Morgan fingerprint density at radius 2 is 0.909 bits per heavy atom. The molecule has 0 unspecified atom stereocenters. The van der Waals surface area contributed by atoms with Crippen molar-refractivity contribution in [3.8, 4) is 0 Å². The maximum atomic E-state index is 5.70. The Morgan fingerprint density at radius 1 is 0.591 bits per heavy atom. The third-order valence-corrected chi connectivity index (χ3v) is 4.93. The second-order valence-electron chi connectivity index (χ2n) is 6.52. The molecule has 2 bridgehead atoms. The highest BCUT2D eigenvalue weighted by Crippen LogP contribution is 2.28. The molecule has 2 heteroatoms. The SMILES string of the molecule is CO[C@H]1CCCCCCCCCC[C@@H](OC)c2ccc1cc2. The topological polar surface area (TPSA) is 18.5 Å². The van der Waals surface area contributed by atoms with Gasteiger partial charge in [-0.25, -0.2) is 0 Å². The number of ether oxygens (including phenoxy) is 2. The number of rotatable bonds is 2. The van der Waals surface area contributed by atoms with Gasteiger partial charge in [0.1, 0.15) is 0 Å². The van der Waals surface area contributed by atoms with Crippen LogP contribution in [0.2, 0.25) is 0 Å². The fraction of sp³-hybridized carbons (Fsp3) is 0.700. The van der Waals surface area contributed by atoms with Gasteiger partial charge in [-0.05, 0) is 24.0 Å². The smallest absolute Gasteiger partial charge is 0.0821 e. The van der Waals surface area contributed by atoms with Gasteiger partial charge >= 0.3 is 0 Å². The van der Waals surface area contributed by atoms with Gasteiger partial charge in [-0.2, -0.15) is 0 Å². The molecule has 0 amide bonds. The highest BCUT2D eigenvalue weighted by Gasteiger charge is 2.14. The molecule has 0 heterocycles. The van der Waals surface area contributed by atoms with Crippen LogP contribution in [0.5, 0.6) is 0 Å². The van der Waals surface area contributed by atoms with E-state index in [2.05, 4.69) is 24.3 Å². The number of benzene rings is 1. The summed E-state index contributed by atoms with van der Waals surface area (Å²) in [6.07, 6.45) is 13.5. The lowest BCUT2D eigenvalue weighted by Gasteiger charge is -2.19. The van der Waals surface area contributed by atoms with E-state index in [1.807, 2.05) is 14.2 Å². The first kappa shape index (κ1) is 17.5. The van der Waals surface area contributed by atoms with Gasteiger partial charge in [0, 0.05) is 14.2 Å². The molecule has 0 saturated heterocycles. The van der Waals surface area contributed by atoms with Gasteiger partial charge in [-0.15, -0.1) is 0 Å². The highest BCUT2D eigenvalue weighted by atomic mass is 16.5. The number of hydrogen-bond donors (Lipinski definition) is 0. The lowest BCUT2D eigenvalue weighted by atomic mass is 9.96. The minimum atomic E-state index is 0.239. The normalized spacial score (nSPS) is 25.2. The molecule has 0 saturated carbocycles. The standard InChI is InChI=1S/C20H32O2/c1-21-19-11-9-7-5-3-4-6-8-10-12-20(22-2)18-15-13-17(19)14-16-18/h13-16,19-20H,3-12H2,1-2H3/t19-,20+. The van der Waals surface area contributed by atoms with Crippen LogP contribution in [0.3, 0.4) is 0 Å². The number of hydrogen-bond acceptors (Lipinski definition) is 2. The predicted octanol–water partition coefficient (Wildman–Crippen LogP) is 5.98. The first-order valence-electron chi connectivity index (χ1n) is 9.00. The van der Waals surface area contributed by atoms with E-state index < -0.39 is 0 Å². The van der Waals surface area contributed by atoms with Crippen molar-refractivity contribution < 1.29 is 9.47 Å². The largest absolute Gasteiger partial charge is 0.377 e. The summed E-state index contributed by atoms with van der Waals surface area (Å²) in [5, 5.41) is 0. The number of methoxy groups -OCH3 is 2. The molecular weight excluding hydrogens is 272 g/mol. The van der Waals surface area contributed by atoms with Crippen molar-refractivity contribution in [3.05, 3.63) is 35.4 Å². The minimum Gasteiger partial charge on any atom is -0.377 e. The van der Waals surface area contributed by atoms with Gasteiger partial charge in [0.25, 0.3) is 0 Å². The van der Waals surface area contributed by atoms with Crippen LogP contribution in [-0.2, 0) is 9.47 Å². The summed E-state index contributed by atoms with van der Waals surface area (Å²) in [5.41, 5.74) is 2.60. The van der Waals surface area contributed by atoms with Crippen LogP contribution in [-0.4, -0.2) is 14.2 Å². The fourth-order valence-electron chi connectivity index (χ4n) is 3.49. The Kier molecular flexibility index (Phi) is 7.96. The number of fused-ring (bicyclic) bond motifs is 13. The van der Waals surface area contributed by atoms with E-state index in [9.17, 15) is 0 Å². The molecule has 2 aliphatic rings. The molecule has 1 aromatic carbocycles. The summed E-state index contributed by atoms with van der Waals surface area (Å²) in [7, 11) is 3.66. The molecule has 22 heavy (non-hydrogen) atoms. The molecule has 124 valence electrons. The lowest BCUT2D eigenvalue weighted by molar-refractivity contribution is 0.0900. The Morgan fingerprint density at radius 3 is 1.23 bits per heavy atom. The fourth-order valence-corrected chi connectivity index (χ4v) is 3.49. The summed E-state index contributed by atoms with van der Waals surface area (Å²) < 4.78 is 11.4. The molecule has 2 atom stereocenters. The van der Waals surface area contributed by atoms with Gasteiger partial charge in [0.05, 0.1) is 12.2 Å². The first-order chi connectivity index (χ1) is 10.8. The maximum absolute atomic E-state index is 5.70. The van der Waals surface area contributed by atoms with Crippen molar-refractivity contribution in [1.29, 1.82) is 0 Å². The Bertz CT molecular complexity index is 360. The van der Waals surface area contributed by atoms with Crippen molar-refractivity contribution in [2.24, 2.45) is 0 Å². The zero-order valence-corrected chi connectivity index (χ0v) is 14.4. The molecule has 2 aliphatic carbocycles. The molecular formula is C20H32O2. The molecule has 2 nitrogen and oxygen atoms in total. The zero-order valence-electron chi connectivity index (χ0n) is 14.4. The van der Waals surface area contributed by atoms with Crippen LogP contribution in [0, 0.1) is 0 Å². The average molecular weight is 304 g/mol. The van der Waals surface area contributed by atoms with E-state index >= 15 is 0 Å². The van der Waals surface area contributed by atoms with Crippen LogP contribution in [0.4, 0.5) is 0 Å². The van der Waals surface area contributed by atoms with Crippen molar-refractivity contribution >= 4 is 0 Å². The minimum absolute atomic E-state index is 0.239. The summed E-state index contributed by atoms with van der Waals surface area (Å²) in [4.78, 5) is 0. The quantitative estimate of drug-likeness (QED) is 0.669. The molecule has 0 aromatic heterocycles. The van der Waals surface area contributed by atoms with Crippen molar-refractivity contribution in [1.82, 2.24) is 0 Å². The van der Waals surface area contributed by atoms with E-state index in [4.69, 9.17) is 9.47 Å². The van der Waals surface area contributed by atoms with Gasteiger partial charge in [0.2, 0.25) is 0 Å². The van der Waals surface area contributed by atoms with E-state index in [0.717, 1.165) is 12.8 Å². The summed E-state index contributed by atoms with van der Waals surface area (Å²) in [6, 6.07) is 8.89. The van der Waals surface area contributed by atoms with E-state index in [0.29, 0.717) is 0 Å². The van der Waals surface area contributed by atoms with Crippen molar-refractivity contribution in [2.75, 3.05) is 14.2 Å². The first-order valence-corrected chi connectivity index (χ1v) is 9.00. The van der Waals surface area contributed by atoms with Crippen LogP contribution < -0.4 is 0 Å². The molecule has 0 fully saturated rings. The summed E-state index contributed by atoms with van der Waals surface area (Å²) in [5.74, 6) is 0. The van der Waals surface area contributed by atoms with E-state index in [-0.39, 0.29) is 12.2 Å². The Balaban J connectivity index is 2.07. The summed E-state index contributed by atoms with van der Waals surface area (Å²) >= 11 is 0. The molecule has 3 rings (SSSR count). The van der Waals surface area contributed by atoms with Gasteiger partial charge in [-0.3, -0.25) is 0 Å². The lowest BCUT2D eigenvalue weighted by Crippen LogP contribution is -2.05. The third kappa shape index (κ3) is 5.40. The van der Waals surface area contributed by atoms with Crippen molar-refractivity contribution in [2.45, 2.75) is 76.4 Å². The molecule has 0 N–H and O–H groups in total. The Hall–Kier alpha value is -0.860. The van der Waals surface area contributed by atoms with Gasteiger partial charge in [0.15, 0.2) is 0 Å². The zero-order chi connectivity index (χ0) is 15.6. The van der Waals surface area contributed by atoms with Crippen LogP contribution in [0.25, 0.3) is 0 Å². The van der Waals surface area contributed by atoms with E-state index in [1.165, 1.54) is 62.5 Å². The monoisotopic (exact) mass is 304 g/mol. The van der Waals surface area contributed by atoms with Gasteiger partial charge in [-0.1, -0.05) is 75.6 Å². The predicted molar refractivity (Wildman–Crippen MR) is 92.1 cm³/mol. The second kappa shape index (κ2) is 10.0. The molecule has 1 aromatic rings. The van der Waals surface area contributed by atoms with Crippen LogP contribution >= 0.6 is 0 Å².